The molecule has 1 aliphatic rings. The standard InChI is InChI=1S/C32H34N4O2.2ClH/c1-4-38-32(37)31-30-14-13-26-23(7-5-10-29(26)36(30)22(3)34-31)15-18-35-19-16-24(17-20-35)25-8-6-9-28-27(25)12-11-21(2)33-28;;/h5-14,24H,4,15-20H2,1-3H3;2*1H. The number of rotatable bonds is 6. The average Bonchev–Trinajstić information content (AvgIpc) is 3.28. The molecule has 0 bridgehead atoms. The minimum absolute atomic E-state index is 0. The van der Waals surface area contributed by atoms with Crippen LogP contribution in [0.1, 0.15) is 58.8 Å². The lowest BCUT2D eigenvalue weighted by atomic mass is 9.87. The third kappa shape index (κ3) is 5.53. The van der Waals surface area contributed by atoms with Crippen LogP contribution in [0, 0.1) is 13.8 Å². The Morgan fingerprint density at radius 3 is 2.42 bits per heavy atom. The maximum Gasteiger partial charge on any atom is 0.359 e. The molecule has 1 saturated heterocycles. The van der Waals surface area contributed by atoms with Gasteiger partial charge in [-0.05, 0) is 94.4 Å². The molecule has 0 amide bonds. The van der Waals surface area contributed by atoms with Crippen molar-refractivity contribution in [3.63, 3.8) is 0 Å². The van der Waals surface area contributed by atoms with Crippen molar-refractivity contribution in [3.8, 4) is 0 Å². The van der Waals surface area contributed by atoms with Crippen molar-refractivity contribution in [1.29, 1.82) is 0 Å². The number of esters is 1. The Bertz CT molecular complexity index is 1660. The lowest BCUT2D eigenvalue weighted by Crippen LogP contribution is -2.34. The van der Waals surface area contributed by atoms with Gasteiger partial charge in [-0.25, -0.2) is 9.78 Å². The van der Waals surface area contributed by atoms with Gasteiger partial charge in [0.2, 0.25) is 0 Å². The number of carbonyl (C=O) groups excluding carboxylic acids is 1. The molecule has 8 heteroatoms. The number of carbonyl (C=O) groups is 1. The predicted molar refractivity (Wildman–Crippen MR) is 166 cm³/mol. The van der Waals surface area contributed by atoms with Gasteiger partial charge < -0.3 is 9.64 Å². The molecule has 6 nitrogen and oxygen atoms in total. The van der Waals surface area contributed by atoms with E-state index in [9.17, 15) is 4.79 Å². The maximum absolute atomic E-state index is 12.4. The van der Waals surface area contributed by atoms with Crippen LogP contribution < -0.4 is 0 Å². The molecule has 40 heavy (non-hydrogen) atoms. The highest BCUT2D eigenvalue weighted by Gasteiger charge is 2.23. The second kappa shape index (κ2) is 12.5. The molecule has 3 aromatic heterocycles. The van der Waals surface area contributed by atoms with Crippen molar-refractivity contribution in [2.45, 2.75) is 46.0 Å². The van der Waals surface area contributed by atoms with Crippen LogP contribution >= 0.6 is 24.8 Å². The van der Waals surface area contributed by atoms with Crippen molar-refractivity contribution in [1.82, 2.24) is 19.3 Å². The Labute approximate surface area is 247 Å². The first-order valence-electron chi connectivity index (χ1n) is 13.7. The molecule has 1 aliphatic heterocycles. The number of piperidine rings is 1. The van der Waals surface area contributed by atoms with Gasteiger partial charge in [-0.3, -0.25) is 9.38 Å². The van der Waals surface area contributed by atoms with Gasteiger partial charge in [0.25, 0.3) is 0 Å². The summed E-state index contributed by atoms with van der Waals surface area (Å²) in [4.78, 5) is 24.3. The van der Waals surface area contributed by atoms with E-state index in [2.05, 4.69) is 75.8 Å². The van der Waals surface area contributed by atoms with Crippen molar-refractivity contribution >= 4 is 58.1 Å². The van der Waals surface area contributed by atoms with Crippen molar-refractivity contribution in [2.75, 3.05) is 26.2 Å². The molecule has 6 rings (SSSR count). The molecule has 0 N–H and O–H groups in total. The molecule has 0 saturated carbocycles. The van der Waals surface area contributed by atoms with Crippen LogP contribution in [0.25, 0.3) is 27.3 Å². The number of imidazole rings is 1. The molecular weight excluding hydrogens is 543 g/mol. The molecule has 5 aromatic rings. The van der Waals surface area contributed by atoms with Crippen LogP contribution in [-0.2, 0) is 11.2 Å². The number of halogens is 2. The fourth-order valence-corrected chi connectivity index (χ4v) is 6.11. The van der Waals surface area contributed by atoms with E-state index in [1.165, 1.54) is 34.7 Å². The van der Waals surface area contributed by atoms with E-state index in [4.69, 9.17) is 9.72 Å². The zero-order chi connectivity index (χ0) is 26.2. The summed E-state index contributed by atoms with van der Waals surface area (Å²) in [5, 5.41) is 2.52. The van der Waals surface area contributed by atoms with Crippen LogP contribution in [-0.4, -0.2) is 51.5 Å². The summed E-state index contributed by atoms with van der Waals surface area (Å²) >= 11 is 0. The van der Waals surface area contributed by atoms with Crippen LogP contribution in [0.15, 0.2) is 60.7 Å². The first-order chi connectivity index (χ1) is 18.5. The number of hydrogen-bond donors (Lipinski definition) is 0. The molecule has 4 heterocycles. The van der Waals surface area contributed by atoms with Gasteiger partial charge >= 0.3 is 5.97 Å². The number of likely N-dealkylation sites (tertiary alicyclic amines) is 1. The minimum atomic E-state index is -0.369. The van der Waals surface area contributed by atoms with E-state index in [0.29, 0.717) is 18.2 Å². The number of nitrogens with zero attached hydrogens (tertiary/aromatic N) is 4. The molecule has 0 spiro atoms. The molecule has 0 radical (unpaired) electrons. The smallest absolute Gasteiger partial charge is 0.359 e. The van der Waals surface area contributed by atoms with Gasteiger partial charge in [-0.1, -0.05) is 36.4 Å². The van der Waals surface area contributed by atoms with Crippen LogP contribution in [0.3, 0.4) is 0 Å². The second-order valence-corrected chi connectivity index (χ2v) is 10.4. The number of aromatic nitrogens is 3. The van der Waals surface area contributed by atoms with Gasteiger partial charge in [0, 0.05) is 23.0 Å². The molecule has 2 aromatic carbocycles. The van der Waals surface area contributed by atoms with E-state index >= 15 is 0 Å². The molecule has 0 aliphatic carbocycles. The summed E-state index contributed by atoms with van der Waals surface area (Å²) in [5.41, 5.74) is 7.22. The van der Waals surface area contributed by atoms with E-state index < -0.39 is 0 Å². The first-order valence-corrected chi connectivity index (χ1v) is 13.7. The molecule has 210 valence electrons. The quantitative estimate of drug-likeness (QED) is 0.201. The van der Waals surface area contributed by atoms with E-state index in [0.717, 1.165) is 54.1 Å². The van der Waals surface area contributed by atoms with Crippen LogP contribution in [0.2, 0.25) is 0 Å². The lowest BCUT2D eigenvalue weighted by Gasteiger charge is -2.32. The van der Waals surface area contributed by atoms with Crippen molar-refractivity contribution < 1.29 is 9.53 Å². The number of pyridine rings is 2. The van der Waals surface area contributed by atoms with Crippen LogP contribution in [0.4, 0.5) is 0 Å². The van der Waals surface area contributed by atoms with E-state index in [1.807, 2.05) is 19.9 Å². The summed E-state index contributed by atoms with van der Waals surface area (Å²) in [5.74, 6) is 1.02. The summed E-state index contributed by atoms with van der Waals surface area (Å²) in [6.45, 7) is 9.41. The Morgan fingerprint density at radius 2 is 1.65 bits per heavy atom. The van der Waals surface area contributed by atoms with Gasteiger partial charge in [-0.2, -0.15) is 0 Å². The highest BCUT2D eigenvalue weighted by Crippen LogP contribution is 2.33. The predicted octanol–water partition coefficient (Wildman–Crippen LogP) is 7.09. The Morgan fingerprint density at radius 1 is 0.900 bits per heavy atom. The molecular formula is C32H36Cl2N4O2. The average molecular weight is 580 g/mol. The lowest BCUT2D eigenvalue weighted by molar-refractivity contribution is 0.0522. The zero-order valence-electron chi connectivity index (χ0n) is 23.2. The zero-order valence-corrected chi connectivity index (χ0v) is 24.9. The first kappa shape index (κ1) is 29.8. The van der Waals surface area contributed by atoms with Gasteiger partial charge in [0.15, 0.2) is 5.69 Å². The number of ether oxygens (including phenoxy) is 1. The number of hydrogen-bond acceptors (Lipinski definition) is 5. The fourth-order valence-electron chi connectivity index (χ4n) is 6.11. The highest BCUT2D eigenvalue weighted by molar-refractivity contribution is 5.98. The number of benzene rings is 2. The maximum atomic E-state index is 12.4. The van der Waals surface area contributed by atoms with E-state index in [-0.39, 0.29) is 30.8 Å². The van der Waals surface area contributed by atoms with E-state index in [1.54, 1.807) is 0 Å². The summed E-state index contributed by atoms with van der Waals surface area (Å²) in [6, 6.07) is 21.5. The third-order valence-electron chi connectivity index (χ3n) is 8.00. The Balaban J connectivity index is 0.00000185. The van der Waals surface area contributed by atoms with Crippen molar-refractivity contribution in [2.24, 2.45) is 0 Å². The Kier molecular flexibility index (Phi) is 9.34. The molecule has 1 fully saturated rings. The second-order valence-electron chi connectivity index (χ2n) is 10.4. The largest absolute Gasteiger partial charge is 0.461 e. The summed E-state index contributed by atoms with van der Waals surface area (Å²) in [6.07, 6.45) is 3.34. The molecule has 0 atom stereocenters. The SMILES string of the molecule is CCOC(=O)c1nc(C)n2c1ccc1c(CCN3CCC(c4cccc5nc(C)ccc45)CC3)cccc12.Cl.Cl. The van der Waals surface area contributed by atoms with Crippen LogP contribution in [0.5, 0.6) is 0 Å². The number of aryl methyl sites for hydroxylation is 2. The fraction of sp³-hybridized carbons (Fsp3) is 0.344. The third-order valence-corrected chi connectivity index (χ3v) is 8.00. The van der Waals surface area contributed by atoms with Gasteiger partial charge in [0.1, 0.15) is 5.82 Å². The highest BCUT2D eigenvalue weighted by atomic mass is 35.5. The monoisotopic (exact) mass is 578 g/mol. The van der Waals surface area contributed by atoms with Gasteiger partial charge in [0.05, 0.1) is 23.2 Å². The molecule has 0 unspecified atom stereocenters. The Hall–Kier alpha value is -3.19. The normalized spacial score (nSPS) is 14.3. The van der Waals surface area contributed by atoms with Gasteiger partial charge in [-0.15, -0.1) is 24.8 Å². The van der Waals surface area contributed by atoms with Crippen molar-refractivity contribution in [3.05, 3.63) is 89.0 Å². The number of fused-ring (bicyclic) bond motifs is 4. The topological polar surface area (TPSA) is 59.7 Å². The minimum Gasteiger partial charge on any atom is -0.461 e. The summed E-state index contributed by atoms with van der Waals surface area (Å²) < 4.78 is 7.31. The summed E-state index contributed by atoms with van der Waals surface area (Å²) in [7, 11) is 0.